The van der Waals surface area contributed by atoms with Gasteiger partial charge < -0.3 is 17.6 Å². The van der Waals surface area contributed by atoms with Crippen LogP contribution in [0.2, 0.25) is 0 Å². The van der Waals surface area contributed by atoms with E-state index in [0.29, 0.717) is 0 Å². The van der Waals surface area contributed by atoms with Gasteiger partial charge in [-0.3, -0.25) is 24.5 Å². The third kappa shape index (κ3) is 12.7. The van der Waals surface area contributed by atoms with Crippen molar-refractivity contribution in [1.82, 2.24) is 77.4 Å². The zero-order valence-corrected chi connectivity index (χ0v) is 64.8. The van der Waals surface area contributed by atoms with Crippen molar-refractivity contribution in [2.24, 2.45) is 0 Å². The van der Waals surface area contributed by atoms with Crippen LogP contribution in [0.5, 0.6) is 0 Å². The topological polar surface area (TPSA) is 155 Å². The fourth-order valence-corrected chi connectivity index (χ4v) is 12.5. The normalized spacial score (nSPS) is 10.9. The first-order chi connectivity index (χ1) is 45.5. The molecule has 98 heavy (non-hydrogen) atoms. The molecular formula is C76H46N16Pt6-6. The molecular weight excluding hydrogens is 2310 g/mol. The first kappa shape index (κ1) is 70.6. The Morgan fingerprint density at radius 2 is 0.980 bits per heavy atom. The van der Waals surface area contributed by atoms with Gasteiger partial charge in [0.2, 0.25) is 0 Å². The Morgan fingerprint density at radius 1 is 0.367 bits per heavy atom. The summed E-state index contributed by atoms with van der Waals surface area (Å²) in [7, 11) is 0. The maximum Gasteiger partial charge on any atom is 0.127 e. The number of benzene rings is 8. The molecule has 0 fully saturated rings. The molecule has 0 saturated heterocycles. The number of rotatable bonds is 0. The van der Waals surface area contributed by atoms with Crippen LogP contribution in [0.4, 0.5) is 0 Å². The number of para-hydroxylation sites is 2. The quantitative estimate of drug-likeness (QED) is 0.106. The average molecular weight is 2350 g/mol. The molecule has 0 aliphatic heterocycles. The second-order valence-corrected chi connectivity index (χ2v) is 22.1. The van der Waals surface area contributed by atoms with Crippen LogP contribution in [0.3, 0.4) is 0 Å². The molecule has 0 saturated carbocycles. The Bertz CT molecular complexity index is 6250. The van der Waals surface area contributed by atoms with Crippen LogP contribution in [-0.2, 0) is 126 Å². The van der Waals surface area contributed by atoms with Crippen LogP contribution >= 0.6 is 0 Å². The zero-order valence-electron chi connectivity index (χ0n) is 51.1. The predicted octanol–water partition coefficient (Wildman–Crippen LogP) is 15.4. The van der Waals surface area contributed by atoms with E-state index in [0.717, 1.165) is 93.4 Å². The van der Waals surface area contributed by atoms with E-state index in [1.54, 1.807) is 21.7 Å². The van der Waals surface area contributed by atoms with Crippen LogP contribution in [0.25, 0.3) is 142 Å². The van der Waals surface area contributed by atoms with E-state index in [2.05, 4.69) is 196 Å². The van der Waals surface area contributed by atoms with Crippen molar-refractivity contribution in [3.8, 4) is 0 Å². The fraction of sp³-hybridized carbons (Fsp3) is 0.0263. The number of hydrogen-bond donors (Lipinski definition) is 0. The van der Waals surface area contributed by atoms with E-state index in [1.807, 2.05) is 149 Å². The Labute approximate surface area is 644 Å². The van der Waals surface area contributed by atoms with Gasteiger partial charge in [-0.2, -0.15) is 15.3 Å². The van der Waals surface area contributed by atoms with Gasteiger partial charge in [-0.1, -0.05) is 143 Å². The molecule has 496 valence electrons. The molecule has 0 amide bonds. The molecule has 0 bridgehead atoms. The summed E-state index contributed by atoms with van der Waals surface area (Å²) in [6.07, 6.45) is 23.0. The second-order valence-electron chi connectivity index (χ2n) is 22.1. The molecule has 22 heteroatoms. The summed E-state index contributed by atoms with van der Waals surface area (Å²) in [6, 6.07) is 76.4. The van der Waals surface area contributed by atoms with Crippen molar-refractivity contribution in [3.05, 3.63) is 292 Å². The fourth-order valence-electron chi connectivity index (χ4n) is 12.5. The molecule has 0 radical (unpaired) electrons. The minimum Gasteiger partial charge on any atom is -0.347 e. The van der Waals surface area contributed by atoms with E-state index in [1.165, 1.54) is 59.6 Å². The van der Waals surface area contributed by atoms with Crippen molar-refractivity contribution in [1.29, 1.82) is 0 Å². The van der Waals surface area contributed by atoms with Gasteiger partial charge in [-0.15, -0.1) is 153 Å². The smallest absolute Gasteiger partial charge is 0.127 e. The molecule has 0 N–H and O–H groups in total. The largest absolute Gasteiger partial charge is 0.347 e. The summed E-state index contributed by atoms with van der Waals surface area (Å²) in [5, 5.41) is 44.3. The summed E-state index contributed by atoms with van der Waals surface area (Å²) < 4.78 is 11.5. The van der Waals surface area contributed by atoms with E-state index >= 15 is 0 Å². The van der Waals surface area contributed by atoms with Crippen LogP contribution in [0, 0.1) is 50.2 Å². The minimum atomic E-state index is 0. The van der Waals surface area contributed by atoms with Crippen LogP contribution < -0.4 is 0 Å². The number of pyridine rings is 6. The molecule has 0 unspecified atom stereocenters. The monoisotopic (exact) mass is 2350 g/mol. The van der Waals surface area contributed by atoms with E-state index in [4.69, 9.17) is 4.98 Å². The van der Waals surface area contributed by atoms with Gasteiger partial charge in [0.1, 0.15) is 18.3 Å². The van der Waals surface area contributed by atoms with Gasteiger partial charge in [0.05, 0.1) is 39.3 Å². The SMILES string of the molecule is Cc1c(C)c2cn3ccnc3c3[c-]ccc1c23.[Pt].[Pt].[Pt].[Pt].[Pt].[Pt].[c-]1cc2ccccc2c2ccn3c4ccccc4nc3c12.[c-]1ccc2ccc3cn4ccnc4c1c23.[c-]1cccc2ccn3cnnc3c12.[c-]1cccc2ccn3ncnc3c12.[c-]1cccc2ccn3nnnc3c12. The number of aryl methyl sites for hydroxylation is 2. The van der Waals surface area contributed by atoms with Crippen LogP contribution in [0.1, 0.15) is 11.1 Å². The summed E-state index contributed by atoms with van der Waals surface area (Å²) >= 11 is 0. The number of imidazole rings is 3. The van der Waals surface area contributed by atoms with Crippen molar-refractivity contribution in [3.63, 3.8) is 0 Å². The minimum absolute atomic E-state index is 0. The molecule has 0 aliphatic carbocycles. The Hall–Kier alpha value is -8.69. The maximum absolute atomic E-state index is 4.78. The molecule has 16 nitrogen and oxygen atoms in total. The average Bonchev–Trinajstić information content (AvgIpc) is 1.50. The number of hydrogen-bond acceptors (Lipinski definition) is 10. The van der Waals surface area contributed by atoms with Gasteiger partial charge in [-0.05, 0) is 72.3 Å². The first-order valence-corrected chi connectivity index (χ1v) is 29.7. The van der Waals surface area contributed by atoms with Gasteiger partial charge in [-0.25, -0.2) is 4.52 Å². The van der Waals surface area contributed by atoms with Crippen LogP contribution in [-0.4, -0.2) is 77.4 Å². The molecule has 22 rings (SSSR count). The molecule has 0 aliphatic rings. The van der Waals surface area contributed by atoms with Crippen molar-refractivity contribution in [2.75, 3.05) is 0 Å². The molecule has 12 aromatic heterocycles. The summed E-state index contributed by atoms with van der Waals surface area (Å²) in [4.78, 5) is 17.7. The van der Waals surface area contributed by atoms with Crippen molar-refractivity contribution >= 4 is 142 Å². The molecule has 22 aromatic rings. The Morgan fingerprint density at radius 3 is 1.73 bits per heavy atom. The predicted molar refractivity (Wildman–Crippen MR) is 362 cm³/mol. The number of fused-ring (bicyclic) bond motifs is 20. The Kier molecular flexibility index (Phi) is 21.8. The van der Waals surface area contributed by atoms with E-state index in [9.17, 15) is 0 Å². The van der Waals surface area contributed by atoms with Gasteiger partial charge in [0.25, 0.3) is 0 Å². The molecule has 10 aromatic carbocycles. The summed E-state index contributed by atoms with van der Waals surface area (Å²) in [5.41, 5.74) is 10.3. The number of tetrazole rings is 1. The molecule has 12 heterocycles. The Balaban J connectivity index is 0.000000119. The molecule has 0 atom stereocenters. The van der Waals surface area contributed by atoms with E-state index < -0.39 is 0 Å². The number of aromatic nitrogens is 16. The van der Waals surface area contributed by atoms with Crippen LogP contribution in [0.15, 0.2) is 244 Å². The van der Waals surface area contributed by atoms with Gasteiger partial charge in [0.15, 0.2) is 0 Å². The van der Waals surface area contributed by atoms with E-state index in [-0.39, 0.29) is 126 Å². The molecule has 0 spiro atoms. The van der Waals surface area contributed by atoms with Gasteiger partial charge in [0, 0.05) is 164 Å². The first-order valence-electron chi connectivity index (χ1n) is 29.7. The standard InChI is InChI=1S/C19H11N2.C15H11N2.C13H7N2.2C10H6N3.C9H5N4.6Pt/c1-2-6-14-13(5-1)9-10-16-15(14)11-12-21-18-8-4-3-7-17(18)20-19(16)21;1-9-10(2)13-8-17-7-6-16-15(17)12-5-3-4-11(9)14(12)13;1-2-9-4-5-10-8-15-7-6-14-13(15)11(3-1)12(9)10;1-2-4-9-8(3-1)5-6-13-7-11-12-10(9)13;1-2-4-9-8(3-1)5-6-13-10(9)11-7-12-13;1-2-4-8-7(3-1)5-6-13-9(8)10-11-12-13;;;;;;/h1-9,11-12H;3-4,6-8H,1-2H3;1-2,4-8H;2*1-3,5-7H;1-3,5-6H;;;;;;/q6*-1;;;;;;. The van der Waals surface area contributed by atoms with Crippen molar-refractivity contribution in [2.45, 2.75) is 13.8 Å². The van der Waals surface area contributed by atoms with Gasteiger partial charge >= 0.3 is 0 Å². The maximum atomic E-state index is 4.78. The second kappa shape index (κ2) is 30.2. The summed E-state index contributed by atoms with van der Waals surface area (Å²) in [5.74, 6) is 0. The zero-order chi connectivity index (χ0) is 61.2. The summed E-state index contributed by atoms with van der Waals surface area (Å²) in [6.45, 7) is 4.37. The number of nitrogens with zero attached hydrogens (tertiary/aromatic N) is 16. The third-order valence-electron chi connectivity index (χ3n) is 17.0. The van der Waals surface area contributed by atoms with Crippen molar-refractivity contribution < 1.29 is 126 Å². The third-order valence-corrected chi connectivity index (χ3v) is 17.0.